The molecular weight excluding hydrogens is 290 g/mol. The summed E-state index contributed by atoms with van der Waals surface area (Å²) in [5.74, 6) is 1.04. The summed E-state index contributed by atoms with van der Waals surface area (Å²) < 4.78 is 10.5. The predicted molar refractivity (Wildman–Crippen MR) is 81.8 cm³/mol. The molecule has 4 nitrogen and oxygen atoms in total. The molecule has 0 radical (unpaired) electrons. The van der Waals surface area contributed by atoms with E-state index in [-0.39, 0.29) is 12.5 Å². The maximum atomic E-state index is 11.7. The number of benzene rings is 2. The number of rotatable bonds is 6. The summed E-state index contributed by atoms with van der Waals surface area (Å²) >= 11 is 5.94. The molecule has 0 aromatic heterocycles. The molecule has 21 heavy (non-hydrogen) atoms. The fourth-order valence-electron chi connectivity index (χ4n) is 1.74. The van der Waals surface area contributed by atoms with E-state index in [1.165, 1.54) is 0 Å². The normalized spacial score (nSPS) is 10.0. The van der Waals surface area contributed by atoms with Gasteiger partial charge in [-0.05, 0) is 29.8 Å². The molecule has 2 aromatic carbocycles. The minimum Gasteiger partial charge on any atom is -0.497 e. The van der Waals surface area contributed by atoms with E-state index in [0.29, 0.717) is 17.3 Å². The molecule has 0 spiro atoms. The Hall–Kier alpha value is -2.20. The largest absolute Gasteiger partial charge is 0.497 e. The molecule has 2 rings (SSSR count). The van der Waals surface area contributed by atoms with Crippen LogP contribution in [0.15, 0.2) is 48.5 Å². The highest BCUT2D eigenvalue weighted by atomic mass is 35.5. The Morgan fingerprint density at radius 3 is 2.76 bits per heavy atom. The molecule has 110 valence electrons. The Labute approximate surface area is 128 Å². The van der Waals surface area contributed by atoms with Crippen molar-refractivity contribution in [3.63, 3.8) is 0 Å². The van der Waals surface area contributed by atoms with Crippen molar-refractivity contribution >= 4 is 17.5 Å². The SMILES string of the molecule is COc1cccc(CNC(=O)COc2ccccc2Cl)c1. The van der Waals surface area contributed by atoms with Crippen LogP contribution in [-0.4, -0.2) is 19.6 Å². The molecule has 0 heterocycles. The van der Waals surface area contributed by atoms with Crippen LogP contribution in [0.25, 0.3) is 0 Å². The maximum absolute atomic E-state index is 11.7. The Bertz CT molecular complexity index is 616. The first-order valence-electron chi connectivity index (χ1n) is 6.46. The fraction of sp³-hybridized carbons (Fsp3) is 0.188. The topological polar surface area (TPSA) is 47.6 Å². The molecule has 0 saturated carbocycles. The number of carbonyl (C=O) groups is 1. The van der Waals surface area contributed by atoms with Gasteiger partial charge in [0.1, 0.15) is 11.5 Å². The summed E-state index contributed by atoms with van der Waals surface area (Å²) in [6.07, 6.45) is 0. The smallest absolute Gasteiger partial charge is 0.258 e. The summed E-state index contributed by atoms with van der Waals surface area (Å²) in [6, 6.07) is 14.6. The number of nitrogens with one attached hydrogen (secondary N) is 1. The molecular formula is C16H16ClNO3. The van der Waals surface area contributed by atoms with Crippen molar-refractivity contribution in [1.82, 2.24) is 5.32 Å². The van der Waals surface area contributed by atoms with Crippen molar-refractivity contribution in [1.29, 1.82) is 0 Å². The number of amides is 1. The van der Waals surface area contributed by atoms with Crippen molar-refractivity contribution in [3.8, 4) is 11.5 Å². The zero-order valence-electron chi connectivity index (χ0n) is 11.6. The van der Waals surface area contributed by atoms with E-state index < -0.39 is 0 Å². The zero-order valence-corrected chi connectivity index (χ0v) is 12.4. The predicted octanol–water partition coefficient (Wildman–Crippen LogP) is 3.04. The molecule has 0 saturated heterocycles. The summed E-state index contributed by atoms with van der Waals surface area (Å²) in [5.41, 5.74) is 0.959. The first-order chi connectivity index (χ1) is 10.2. The van der Waals surface area contributed by atoms with Gasteiger partial charge in [0.25, 0.3) is 5.91 Å². The van der Waals surface area contributed by atoms with Crippen LogP contribution in [0.1, 0.15) is 5.56 Å². The van der Waals surface area contributed by atoms with Crippen LogP contribution in [0.5, 0.6) is 11.5 Å². The molecule has 1 N–H and O–H groups in total. The minimum absolute atomic E-state index is 0.0757. The van der Waals surface area contributed by atoms with Gasteiger partial charge in [0.2, 0.25) is 0 Å². The lowest BCUT2D eigenvalue weighted by atomic mass is 10.2. The molecule has 0 aliphatic heterocycles. The Morgan fingerprint density at radius 1 is 1.19 bits per heavy atom. The Balaban J connectivity index is 1.81. The van der Waals surface area contributed by atoms with E-state index in [0.717, 1.165) is 11.3 Å². The van der Waals surface area contributed by atoms with Crippen LogP contribution in [-0.2, 0) is 11.3 Å². The quantitative estimate of drug-likeness (QED) is 0.892. The number of methoxy groups -OCH3 is 1. The third-order valence-electron chi connectivity index (χ3n) is 2.82. The van der Waals surface area contributed by atoms with Crippen molar-refractivity contribution < 1.29 is 14.3 Å². The van der Waals surface area contributed by atoms with Crippen LogP contribution < -0.4 is 14.8 Å². The highest BCUT2D eigenvalue weighted by Crippen LogP contribution is 2.22. The maximum Gasteiger partial charge on any atom is 0.258 e. The van der Waals surface area contributed by atoms with Gasteiger partial charge in [-0.15, -0.1) is 0 Å². The standard InChI is InChI=1S/C16H16ClNO3/c1-20-13-6-4-5-12(9-13)10-18-16(19)11-21-15-8-3-2-7-14(15)17/h2-9H,10-11H2,1H3,(H,18,19). The van der Waals surface area contributed by atoms with Crippen molar-refractivity contribution in [3.05, 3.63) is 59.1 Å². The third kappa shape index (κ3) is 4.68. The number of carbonyl (C=O) groups excluding carboxylic acids is 1. The lowest BCUT2D eigenvalue weighted by Crippen LogP contribution is -2.28. The molecule has 0 aliphatic carbocycles. The van der Waals surface area contributed by atoms with E-state index in [2.05, 4.69) is 5.32 Å². The van der Waals surface area contributed by atoms with Gasteiger partial charge in [-0.3, -0.25) is 4.79 Å². The van der Waals surface area contributed by atoms with Crippen molar-refractivity contribution in [2.24, 2.45) is 0 Å². The first kappa shape index (κ1) is 15.2. The second-order valence-corrected chi connectivity index (χ2v) is 4.75. The second-order valence-electron chi connectivity index (χ2n) is 4.35. The van der Waals surface area contributed by atoms with Crippen LogP contribution in [0, 0.1) is 0 Å². The molecule has 5 heteroatoms. The molecule has 1 amide bonds. The van der Waals surface area contributed by atoms with Gasteiger partial charge >= 0.3 is 0 Å². The number of halogens is 1. The van der Waals surface area contributed by atoms with E-state index >= 15 is 0 Å². The van der Waals surface area contributed by atoms with Gasteiger partial charge in [0.15, 0.2) is 6.61 Å². The Morgan fingerprint density at radius 2 is 2.00 bits per heavy atom. The summed E-state index contributed by atoms with van der Waals surface area (Å²) in [4.78, 5) is 11.7. The Kier molecular flexibility index (Phi) is 5.46. The van der Waals surface area contributed by atoms with Crippen LogP contribution in [0.3, 0.4) is 0 Å². The molecule has 0 bridgehead atoms. The van der Waals surface area contributed by atoms with Gasteiger partial charge in [0.05, 0.1) is 12.1 Å². The summed E-state index contributed by atoms with van der Waals surface area (Å²) in [7, 11) is 1.61. The average molecular weight is 306 g/mol. The second kappa shape index (κ2) is 7.55. The number of hydrogen-bond acceptors (Lipinski definition) is 3. The van der Waals surface area contributed by atoms with E-state index in [1.54, 1.807) is 31.4 Å². The number of para-hydroxylation sites is 1. The average Bonchev–Trinajstić information content (AvgIpc) is 2.52. The minimum atomic E-state index is -0.210. The van der Waals surface area contributed by atoms with Crippen molar-refractivity contribution in [2.75, 3.05) is 13.7 Å². The first-order valence-corrected chi connectivity index (χ1v) is 6.84. The summed E-state index contributed by atoms with van der Waals surface area (Å²) in [5, 5.41) is 3.26. The third-order valence-corrected chi connectivity index (χ3v) is 3.13. The van der Waals surface area contributed by atoms with Crippen molar-refractivity contribution in [2.45, 2.75) is 6.54 Å². The van der Waals surface area contributed by atoms with Crippen LogP contribution in [0.4, 0.5) is 0 Å². The molecule has 0 unspecified atom stereocenters. The van der Waals surface area contributed by atoms with Gasteiger partial charge in [-0.1, -0.05) is 35.9 Å². The lowest BCUT2D eigenvalue weighted by molar-refractivity contribution is -0.123. The molecule has 2 aromatic rings. The van der Waals surface area contributed by atoms with Crippen LogP contribution in [0.2, 0.25) is 5.02 Å². The fourth-order valence-corrected chi connectivity index (χ4v) is 1.93. The molecule has 0 fully saturated rings. The molecule has 0 atom stereocenters. The number of hydrogen-bond donors (Lipinski definition) is 1. The lowest BCUT2D eigenvalue weighted by Gasteiger charge is -2.09. The van der Waals surface area contributed by atoms with Gasteiger partial charge in [0, 0.05) is 6.54 Å². The van der Waals surface area contributed by atoms with E-state index in [9.17, 15) is 4.79 Å². The van der Waals surface area contributed by atoms with E-state index in [4.69, 9.17) is 21.1 Å². The monoisotopic (exact) mass is 305 g/mol. The highest BCUT2D eigenvalue weighted by Gasteiger charge is 2.05. The summed E-state index contributed by atoms with van der Waals surface area (Å²) in [6.45, 7) is 0.343. The highest BCUT2D eigenvalue weighted by molar-refractivity contribution is 6.32. The van der Waals surface area contributed by atoms with E-state index in [1.807, 2.05) is 24.3 Å². The van der Waals surface area contributed by atoms with Gasteiger partial charge in [-0.2, -0.15) is 0 Å². The van der Waals surface area contributed by atoms with Gasteiger partial charge in [-0.25, -0.2) is 0 Å². The van der Waals surface area contributed by atoms with Gasteiger partial charge < -0.3 is 14.8 Å². The zero-order chi connectivity index (χ0) is 15.1. The molecule has 0 aliphatic rings. The number of ether oxygens (including phenoxy) is 2. The van der Waals surface area contributed by atoms with Crippen LogP contribution >= 0.6 is 11.6 Å².